The predicted molar refractivity (Wildman–Crippen MR) is 61.8 cm³/mol. The number of aromatic nitrogens is 1. The van der Waals surface area contributed by atoms with Gasteiger partial charge in [0, 0.05) is 12.2 Å². The highest BCUT2D eigenvalue weighted by atomic mass is 16.4. The third-order valence-corrected chi connectivity index (χ3v) is 2.76. The summed E-state index contributed by atoms with van der Waals surface area (Å²) in [5, 5.41) is 12.2. The molecule has 1 saturated carbocycles. The van der Waals surface area contributed by atoms with Crippen molar-refractivity contribution in [1.29, 1.82) is 0 Å². The first kappa shape index (κ1) is 10.9. The van der Waals surface area contributed by atoms with Crippen LogP contribution < -0.4 is 5.32 Å². The first-order chi connectivity index (χ1) is 7.69. The van der Waals surface area contributed by atoms with E-state index in [2.05, 4.69) is 10.3 Å². The molecule has 4 heteroatoms. The van der Waals surface area contributed by atoms with Gasteiger partial charge in [-0.15, -0.1) is 0 Å². The molecule has 0 saturated heterocycles. The van der Waals surface area contributed by atoms with E-state index < -0.39 is 5.97 Å². The Bertz CT molecular complexity index is 400. The molecule has 0 spiro atoms. The van der Waals surface area contributed by atoms with Gasteiger partial charge in [0.15, 0.2) is 0 Å². The minimum absolute atomic E-state index is 0.310. The fourth-order valence-electron chi connectivity index (χ4n) is 1.55. The molecular weight excluding hydrogens is 204 g/mol. The molecule has 0 amide bonds. The Labute approximate surface area is 94.7 Å². The normalized spacial score (nSPS) is 14.8. The number of carbonyl (C=O) groups is 1. The number of anilines is 1. The molecule has 2 N–H and O–H groups in total. The van der Waals surface area contributed by atoms with E-state index in [-0.39, 0.29) is 0 Å². The van der Waals surface area contributed by atoms with Gasteiger partial charge in [0.05, 0.1) is 5.56 Å². The summed E-state index contributed by atoms with van der Waals surface area (Å²) in [6.07, 6.45) is 3.29. The van der Waals surface area contributed by atoms with Crippen LogP contribution in [-0.4, -0.2) is 22.6 Å². The molecule has 1 aliphatic rings. The molecule has 0 atom stereocenters. The summed E-state index contributed by atoms with van der Waals surface area (Å²) >= 11 is 0. The van der Waals surface area contributed by atoms with E-state index in [9.17, 15) is 4.79 Å². The van der Waals surface area contributed by atoms with E-state index >= 15 is 0 Å². The lowest BCUT2D eigenvalue weighted by Gasteiger charge is -2.07. The standard InChI is InChI=1S/C12H16N2O2/c1-2-10-5-9(12(15)16)6-11(14-10)13-7-8-3-4-8/h5-6,8H,2-4,7H2,1H3,(H,13,14)(H,15,16). The van der Waals surface area contributed by atoms with Crippen LogP contribution in [-0.2, 0) is 6.42 Å². The van der Waals surface area contributed by atoms with Crippen LogP contribution in [0.3, 0.4) is 0 Å². The van der Waals surface area contributed by atoms with Crippen molar-refractivity contribution in [3.63, 3.8) is 0 Å². The Kier molecular flexibility index (Phi) is 3.08. The number of rotatable bonds is 5. The molecule has 1 heterocycles. The van der Waals surface area contributed by atoms with Gasteiger partial charge in [-0.1, -0.05) is 6.92 Å². The molecule has 0 radical (unpaired) electrons. The fourth-order valence-corrected chi connectivity index (χ4v) is 1.55. The first-order valence-corrected chi connectivity index (χ1v) is 5.67. The average molecular weight is 220 g/mol. The van der Waals surface area contributed by atoms with Crippen LogP contribution in [0.15, 0.2) is 12.1 Å². The predicted octanol–water partition coefficient (Wildman–Crippen LogP) is 2.16. The summed E-state index contributed by atoms with van der Waals surface area (Å²) in [5.74, 6) is 0.538. The lowest BCUT2D eigenvalue weighted by Crippen LogP contribution is -2.08. The number of nitrogens with one attached hydrogen (secondary N) is 1. The van der Waals surface area contributed by atoms with Crippen LogP contribution >= 0.6 is 0 Å². The molecule has 0 aromatic carbocycles. The van der Waals surface area contributed by atoms with Crippen LogP contribution in [0.5, 0.6) is 0 Å². The topological polar surface area (TPSA) is 62.2 Å². The van der Waals surface area contributed by atoms with Crippen molar-refractivity contribution < 1.29 is 9.90 Å². The highest BCUT2D eigenvalue weighted by molar-refractivity contribution is 5.88. The molecule has 1 aliphatic carbocycles. The van der Waals surface area contributed by atoms with Gasteiger partial charge in [-0.25, -0.2) is 9.78 Å². The molecule has 1 aromatic heterocycles. The summed E-state index contributed by atoms with van der Waals surface area (Å²) in [6, 6.07) is 3.23. The SMILES string of the molecule is CCc1cc(C(=O)O)cc(NCC2CC2)n1. The zero-order chi connectivity index (χ0) is 11.5. The molecule has 1 fully saturated rings. The molecule has 1 aromatic rings. The Morgan fingerprint density at radius 1 is 1.56 bits per heavy atom. The summed E-state index contributed by atoms with van der Waals surface area (Å²) < 4.78 is 0. The van der Waals surface area contributed by atoms with Crippen molar-refractivity contribution in [2.75, 3.05) is 11.9 Å². The van der Waals surface area contributed by atoms with Gasteiger partial charge >= 0.3 is 5.97 Å². The van der Waals surface area contributed by atoms with Gasteiger partial charge in [0.2, 0.25) is 0 Å². The van der Waals surface area contributed by atoms with E-state index in [0.717, 1.165) is 24.6 Å². The summed E-state index contributed by atoms with van der Waals surface area (Å²) in [7, 11) is 0. The van der Waals surface area contributed by atoms with E-state index in [1.165, 1.54) is 12.8 Å². The third-order valence-electron chi connectivity index (χ3n) is 2.76. The molecule has 0 bridgehead atoms. The van der Waals surface area contributed by atoms with Crippen LogP contribution in [0.25, 0.3) is 0 Å². The Morgan fingerprint density at radius 2 is 2.31 bits per heavy atom. The van der Waals surface area contributed by atoms with Crippen LogP contribution in [0.1, 0.15) is 35.8 Å². The van der Waals surface area contributed by atoms with Gasteiger partial charge in [0.1, 0.15) is 5.82 Å². The highest BCUT2D eigenvalue weighted by Crippen LogP contribution is 2.28. The van der Waals surface area contributed by atoms with Crippen molar-refractivity contribution in [3.8, 4) is 0 Å². The number of nitrogens with zero attached hydrogens (tertiary/aromatic N) is 1. The fraction of sp³-hybridized carbons (Fsp3) is 0.500. The van der Waals surface area contributed by atoms with Gasteiger partial charge in [-0.3, -0.25) is 0 Å². The Balaban J connectivity index is 2.14. The number of pyridine rings is 1. The van der Waals surface area contributed by atoms with E-state index in [0.29, 0.717) is 11.4 Å². The zero-order valence-corrected chi connectivity index (χ0v) is 9.36. The number of aryl methyl sites for hydroxylation is 1. The second-order valence-electron chi connectivity index (χ2n) is 4.22. The zero-order valence-electron chi connectivity index (χ0n) is 9.36. The number of carboxylic acids is 1. The Hall–Kier alpha value is -1.58. The second-order valence-corrected chi connectivity index (χ2v) is 4.22. The number of hydrogen-bond donors (Lipinski definition) is 2. The third kappa shape index (κ3) is 2.72. The van der Waals surface area contributed by atoms with Crippen molar-refractivity contribution in [2.24, 2.45) is 5.92 Å². The maximum Gasteiger partial charge on any atom is 0.335 e. The molecular formula is C12H16N2O2. The molecule has 0 unspecified atom stereocenters. The summed E-state index contributed by atoms with van der Waals surface area (Å²) in [6.45, 7) is 2.87. The quantitative estimate of drug-likeness (QED) is 0.798. The Morgan fingerprint density at radius 3 is 2.88 bits per heavy atom. The highest BCUT2D eigenvalue weighted by Gasteiger charge is 2.21. The number of carboxylic acid groups (broad SMARTS) is 1. The minimum atomic E-state index is -0.897. The van der Waals surface area contributed by atoms with Gasteiger partial charge in [0.25, 0.3) is 0 Å². The van der Waals surface area contributed by atoms with E-state index in [1.54, 1.807) is 12.1 Å². The monoisotopic (exact) mass is 220 g/mol. The first-order valence-electron chi connectivity index (χ1n) is 5.67. The van der Waals surface area contributed by atoms with Crippen LogP contribution in [0.2, 0.25) is 0 Å². The minimum Gasteiger partial charge on any atom is -0.478 e. The number of aromatic carboxylic acids is 1. The lowest BCUT2D eigenvalue weighted by molar-refractivity contribution is 0.0696. The van der Waals surface area contributed by atoms with Crippen molar-refractivity contribution >= 4 is 11.8 Å². The van der Waals surface area contributed by atoms with Gasteiger partial charge in [-0.05, 0) is 37.3 Å². The van der Waals surface area contributed by atoms with Crippen LogP contribution in [0, 0.1) is 5.92 Å². The summed E-state index contributed by atoms with van der Waals surface area (Å²) in [5.41, 5.74) is 1.13. The van der Waals surface area contributed by atoms with Crippen molar-refractivity contribution in [1.82, 2.24) is 4.98 Å². The second kappa shape index (κ2) is 4.51. The van der Waals surface area contributed by atoms with E-state index in [4.69, 9.17) is 5.11 Å². The average Bonchev–Trinajstić information content (AvgIpc) is 3.09. The largest absolute Gasteiger partial charge is 0.478 e. The smallest absolute Gasteiger partial charge is 0.335 e. The molecule has 16 heavy (non-hydrogen) atoms. The van der Waals surface area contributed by atoms with E-state index in [1.807, 2.05) is 6.92 Å². The van der Waals surface area contributed by atoms with Crippen molar-refractivity contribution in [3.05, 3.63) is 23.4 Å². The van der Waals surface area contributed by atoms with Crippen LogP contribution in [0.4, 0.5) is 5.82 Å². The molecule has 86 valence electrons. The molecule has 0 aliphatic heterocycles. The molecule has 4 nitrogen and oxygen atoms in total. The maximum atomic E-state index is 10.9. The summed E-state index contributed by atoms with van der Waals surface area (Å²) in [4.78, 5) is 15.3. The van der Waals surface area contributed by atoms with Gasteiger partial charge < -0.3 is 10.4 Å². The lowest BCUT2D eigenvalue weighted by atomic mass is 10.2. The molecule has 2 rings (SSSR count). The van der Waals surface area contributed by atoms with Crippen molar-refractivity contribution in [2.45, 2.75) is 26.2 Å². The number of hydrogen-bond acceptors (Lipinski definition) is 3. The van der Waals surface area contributed by atoms with Gasteiger partial charge in [-0.2, -0.15) is 0 Å². The maximum absolute atomic E-state index is 10.9.